The van der Waals surface area contributed by atoms with Gasteiger partial charge in [0, 0.05) is 5.56 Å². The Kier molecular flexibility index (Phi) is 3.48. The van der Waals surface area contributed by atoms with Crippen LogP contribution in [0, 0.1) is 0 Å². The number of benzene rings is 1. The smallest absolute Gasteiger partial charge is 0.335 e. The Hall–Kier alpha value is -2.07. The molecule has 18 heavy (non-hydrogen) atoms. The minimum atomic E-state index is -0.938. The molecule has 1 aromatic heterocycles. The van der Waals surface area contributed by atoms with Crippen LogP contribution in [0.4, 0.5) is 0 Å². The monoisotopic (exact) mass is 245 g/mol. The zero-order valence-electron chi connectivity index (χ0n) is 10.3. The second-order valence-corrected chi connectivity index (χ2v) is 4.10. The third-order valence-electron chi connectivity index (χ3n) is 2.88. The molecule has 0 bridgehead atoms. The van der Waals surface area contributed by atoms with Gasteiger partial charge in [0.25, 0.3) is 0 Å². The summed E-state index contributed by atoms with van der Waals surface area (Å²) in [6.45, 7) is 2.00. The Morgan fingerprint density at radius 3 is 2.78 bits per heavy atom. The van der Waals surface area contributed by atoms with Crippen molar-refractivity contribution in [2.24, 2.45) is 0 Å². The SMILES string of the molecule is CNC(C)c1ccc(-c2cccc(C(=O)O)c2)o1. The van der Waals surface area contributed by atoms with Gasteiger partial charge in [-0.15, -0.1) is 0 Å². The quantitative estimate of drug-likeness (QED) is 0.869. The summed E-state index contributed by atoms with van der Waals surface area (Å²) in [5, 5.41) is 12.0. The zero-order valence-corrected chi connectivity index (χ0v) is 10.3. The van der Waals surface area contributed by atoms with Crippen LogP contribution in [0.25, 0.3) is 11.3 Å². The van der Waals surface area contributed by atoms with E-state index in [4.69, 9.17) is 9.52 Å². The highest BCUT2D eigenvalue weighted by molar-refractivity contribution is 5.89. The standard InChI is InChI=1S/C14H15NO3/c1-9(15-2)12-6-7-13(18-12)10-4-3-5-11(8-10)14(16)17/h3-9,15H,1-2H3,(H,16,17). The first-order chi connectivity index (χ1) is 8.61. The molecule has 2 N–H and O–H groups in total. The molecule has 0 saturated carbocycles. The predicted molar refractivity (Wildman–Crippen MR) is 68.6 cm³/mol. The summed E-state index contributed by atoms with van der Waals surface area (Å²) >= 11 is 0. The molecule has 1 heterocycles. The molecule has 0 amide bonds. The van der Waals surface area contributed by atoms with Crippen molar-refractivity contribution >= 4 is 5.97 Å². The molecule has 4 nitrogen and oxygen atoms in total. The van der Waals surface area contributed by atoms with Gasteiger partial charge in [-0.25, -0.2) is 4.79 Å². The van der Waals surface area contributed by atoms with Crippen molar-refractivity contribution in [1.82, 2.24) is 5.32 Å². The molecular weight excluding hydrogens is 230 g/mol. The molecule has 0 aliphatic heterocycles. The van der Waals surface area contributed by atoms with E-state index < -0.39 is 5.97 Å². The molecule has 1 aromatic carbocycles. The minimum absolute atomic E-state index is 0.126. The van der Waals surface area contributed by atoms with Gasteiger partial charge in [-0.05, 0) is 38.2 Å². The van der Waals surface area contributed by atoms with Crippen molar-refractivity contribution < 1.29 is 14.3 Å². The molecule has 1 atom stereocenters. The van der Waals surface area contributed by atoms with Crippen molar-refractivity contribution in [2.75, 3.05) is 7.05 Å². The van der Waals surface area contributed by atoms with Gasteiger partial charge < -0.3 is 14.8 Å². The predicted octanol–water partition coefficient (Wildman–Crippen LogP) is 2.93. The second kappa shape index (κ2) is 5.06. The number of nitrogens with one attached hydrogen (secondary N) is 1. The highest BCUT2D eigenvalue weighted by Gasteiger charge is 2.11. The number of carbonyl (C=O) groups is 1. The van der Waals surface area contributed by atoms with Gasteiger partial charge in [0.15, 0.2) is 0 Å². The molecule has 94 valence electrons. The summed E-state index contributed by atoms with van der Waals surface area (Å²) in [7, 11) is 1.86. The molecule has 0 spiro atoms. The van der Waals surface area contributed by atoms with Crippen LogP contribution >= 0.6 is 0 Å². The minimum Gasteiger partial charge on any atom is -0.478 e. The molecule has 2 aromatic rings. The molecule has 0 fully saturated rings. The van der Waals surface area contributed by atoms with Crippen LogP contribution < -0.4 is 5.32 Å². The van der Waals surface area contributed by atoms with Gasteiger partial charge in [0.05, 0.1) is 11.6 Å². The normalized spacial score (nSPS) is 12.3. The zero-order chi connectivity index (χ0) is 13.1. The summed E-state index contributed by atoms with van der Waals surface area (Å²) in [5.74, 6) is 0.565. The molecular formula is C14H15NO3. The number of hydrogen-bond acceptors (Lipinski definition) is 3. The Labute approximate surface area is 105 Å². The fourth-order valence-corrected chi connectivity index (χ4v) is 1.69. The molecule has 0 radical (unpaired) electrons. The van der Waals surface area contributed by atoms with Gasteiger partial charge in [0.1, 0.15) is 11.5 Å². The lowest BCUT2D eigenvalue weighted by Gasteiger charge is -2.05. The first-order valence-electron chi connectivity index (χ1n) is 5.72. The maximum atomic E-state index is 10.9. The largest absolute Gasteiger partial charge is 0.478 e. The van der Waals surface area contributed by atoms with Crippen LogP contribution in [0.2, 0.25) is 0 Å². The number of carboxylic acid groups (broad SMARTS) is 1. The molecule has 0 aliphatic carbocycles. The summed E-state index contributed by atoms with van der Waals surface area (Å²) in [6.07, 6.45) is 0. The topological polar surface area (TPSA) is 62.5 Å². The number of aromatic carboxylic acids is 1. The van der Waals surface area contributed by atoms with E-state index in [0.29, 0.717) is 5.76 Å². The maximum Gasteiger partial charge on any atom is 0.335 e. The summed E-state index contributed by atoms with van der Waals surface area (Å²) in [5.41, 5.74) is 1.02. The van der Waals surface area contributed by atoms with Crippen molar-refractivity contribution in [2.45, 2.75) is 13.0 Å². The fraction of sp³-hybridized carbons (Fsp3) is 0.214. The molecule has 0 saturated heterocycles. The first kappa shape index (κ1) is 12.4. The van der Waals surface area contributed by atoms with E-state index in [1.807, 2.05) is 32.2 Å². The van der Waals surface area contributed by atoms with Crippen LogP contribution in [-0.4, -0.2) is 18.1 Å². The first-order valence-corrected chi connectivity index (χ1v) is 5.72. The van der Waals surface area contributed by atoms with Crippen molar-refractivity contribution in [3.63, 3.8) is 0 Å². The van der Waals surface area contributed by atoms with Crippen LogP contribution in [0.1, 0.15) is 29.1 Å². The fourth-order valence-electron chi connectivity index (χ4n) is 1.69. The average Bonchev–Trinajstić information content (AvgIpc) is 2.87. The van der Waals surface area contributed by atoms with Crippen LogP contribution in [0.3, 0.4) is 0 Å². The van der Waals surface area contributed by atoms with Crippen molar-refractivity contribution in [3.05, 3.63) is 47.7 Å². The second-order valence-electron chi connectivity index (χ2n) is 4.10. The van der Waals surface area contributed by atoms with E-state index in [1.165, 1.54) is 0 Å². The lowest BCUT2D eigenvalue weighted by molar-refractivity contribution is 0.0697. The lowest BCUT2D eigenvalue weighted by atomic mass is 10.1. The third kappa shape index (κ3) is 2.43. The molecule has 1 unspecified atom stereocenters. The third-order valence-corrected chi connectivity index (χ3v) is 2.88. The van der Waals surface area contributed by atoms with Gasteiger partial charge in [-0.2, -0.15) is 0 Å². The maximum absolute atomic E-state index is 10.9. The van der Waals surface area contributed by atoms with Crippen molar-refractivity contribution in [3.8, 4) is 11.3 Å². The van der Waals surface area contributed by atoms with Crippen LogP contribution in [-0.2, 0) is 0 Å². The highest BCUT2D eigenvalue weighted by atomic mass is 16.4. The van der Waals surface area contributed by atoms with Crippen LogP contribution in [0.15, 0.2) is 40.8 Å². The number of carboxylic acids is 1. The average molecular weight is 245 g/mol. The van der Waals surface area contributed by atoms with E-state index >= 15 is 0 Å². The van der Waals surface area contributed by atoms with E-state index in [-0.39, 0.29) is 11.6 Å². The number of furan rings is 1. The Balaban J connectivity index is 2.34. The summed E-state index contributed by atoms with van der Waals surface area (Å²) in [6, 6.07) is 10.6. The van der Waals surface area contributed by atoms with E-state index in [9.17, 15) is 4.79 Å². The molecule has 4 heteroatoms. The van der Waals surface area contributed by atoms with Gasteiger partial charge in [-0.1, -0.05) is 12.1 Å². The van der Waals surface area contributed by atoms with E-state index in [0.717, 1.165) is 11.3 Å². The molecule has 2 rings (SSSR count). The summed E-state index contributed by atoms with van der Waals surface area (Å²) < 4.78 is 5.70. The summed E-state index contributed by atoms with van der Waals surface area (Å²) in [4.78, 5) is 10.9. The number of hydrogen-bond donors (Lipinski definition) is 2. The van der Waals surface area contributed by atoms with E-state index in [1.54, 1.807) is 18.2 Å². The van der Waals surface area contributed by atoms with Crippen LogP contribution in [0.5, 0.6) is 0 Å². The van der Waals surface area contributed by atoms with E-state index in [2.05, 4.69) is 5.32 Å². The van der Waals surface area contributed by atoms with Gasteiger partial charge in [0.2, 0.25) is 0 Å². The molecule has 0 aliphatic rings. The Morgan fingerprint density at radius 2 is 2.11 bits per heavy atom. The number of rotatable bonds is 4. The van der Waals surface area contributed by atoms with Gasteiger partial charge in [-0.3, -0.25) is 0 Å². The van der Waals surface area contributed by atoms with Crippen molar-refractivity contribution in [1.29, 1.82) is 0 Å². The highest BCUT2D eigenvalue weighted by Crippen LogP contribution is 2.25. The van der Waals surface area contributed by atoms with Gasteiger partial charge >= 0.3 is 5.97 Å². The Bertz CT molecular complexity index is 560. The Morgan fingerprint density at radius 1 is 1.33 bits per heavy atom. The lowest BCUT2D eigenvalue weighted by Crippen LogP contribution is -2.11.